The molecule has 0 spiro atoms. The third kappa shape index (κ3) is 7.95. The third-order valence-corrected chi connectivity index (χ3v) is 5.64. The van der Waals surface area contributed by atoms with E-state index in [0.29, 0.717) is 19.3 Å². The van der Waals surface area contributed by atoms with Crippen molar-refractivity contribution in [1.82, 2.24) is 0 Å². The van der Waals surface area contributed by atoms with Gasteiger partial charge in [-0.05, 0) is 30.2 Å². The zero-order chi connectivity index (χ0) is 13.5. The van der Waals surface area contributed by atoms with Gasteiger partial charge in [-0.25, -0.2) is 0 Å². The summed E-state index contributed by atoms with van der Waals surface area (Å²) >= 11 is 0. The molecule has 0 aromatic carbocycles. The van der Waals surface area contributed by atoms with Crippen LogP contribution >= 0.6 is 15.6 Å². The van der Waals surface area contributed by atoms with Crippen LogP contribution in [-0.2, 0) is 9.13 Å². The molecule has 0 radical (unpaired) electrons. The maximum Gasteiger partial charge on any atom is 0.521 e. The minimum atomic E-state index is -4.60. The van der Waals surface area contributed by atoms with Crippen LogP contribution in [0.4, 0.5) is 0 Å². The summed E-state index contributed by atoms with van der Waals surface area (Å²) in [5.74, 6) is 0. The molecule has 0 aromatic heterocycles. The molecule has 9 heteroatoms. The van der Waals surface area contributed by atoms with Crippen LogP contribution < -0.4 is 0 Å². The first kappa shape index (κ1) is 17.1. The lowest BCUT2D eigenvalue weighted by atomic mass is 10.1. The van der Waals surface area contributed by atoms with Gasteiger partial charge in [0.15, 0.2) is 0 Å². The largest absolute Gasteiger partial charge is 0.521 e. The second-order valence-electron chi connectivity index (χ2n) is 3.82. The highest BCUT2D eigenvalue weighted by Crippen LogP contribution is 2.53. The average Bonchev–Trinajstić information content (AvgIpc) is 2.15. The van der Waals surface area contributed by atoms with Crippen LogP contribution in [-0.4, -0.2) is 43.0 Å². The van der Waals surface area contributed by atoms with E-state index < -0.39 is 27.1 Å². The van der Waals surface area contributed by atoms with E-state index in [4.69, 9.17) is 19.8 Å². The zero-order valence-electron chi connectivity index (χ0n) is 9.34. The molecule has 3 atom stereocenters. The van der Waals surface area contributed by atoms with E-state index in [9.17, 15) is 14.2 Å². The van der Waals surface area contributed by atoms with Crippen molar-refractivity contribution in [3.63, 3.8) is 0 Å². The molecule has 7 nitrogen and oxygen atoms in total. The van der Waals surface area contributed by atoms with Crippen molar-refractivity contribution in [2.45, 2.75) is 43.6 Å². The Balaban J connectivity index is 4.06. The standard InChI is InChI=1S/C8H18O7P2/c9-6-2-1-3-7(10)4-5-8(16(11)12)17(13,14)15/h7-10H,1-6H2,(H2-,11,12,13,14,15)/p+1. The van der Waals surface area contributed by atoms with Gasteiger partial charge in [0.25, 0.3) is 5.40 Å². The summed E-state index contributed by atoms with van der Waals surface area (Å²) in [6.45, 7) is 0.0281. The van der Waals surface area contributed by atoms with Crippen molar-refractivity contribution in [3.8, 4) is 0 Å². The maximum absolute atomic E-state index is 10.9. The summed E-state index contributed by atoms with van der Waals surface area (Å²) in [4.78, 5) is 26.4. The Bertz CT molecular complexity index is 277. The lowest BCUT2D eigenvalue weighted by Gasteiger charge is -2.11. The lowest BCUT2D eigenvalue weighted by molar-refractivity contribution is 0.145. The van der Waals surface area contributed by atoms with Crippen LogP contribution in [0.25, 0.3) is 0 Å². The Morgan fingerprint density at radius 2 is 1.71 bits per heavy atom. The van der Waals surface area contributed by atoms with E-state index in [1.165, 1.54) is 0 Å². The highest BCUT2D eigenvalue weighted by atomic mass is 31.2. The van der Waals surface area contributed by atoms with E-state index >= 15 is 0 Å². The van der Waals surface area contributed by atoms with Crippen LogP contribution in [0, 0.1) is 0 Å². The summed E-state index contributed by atoms with van der Waals surface area (Å²) < 4.78 is 21.6. The maximum atomic E-state index is 10.9. The summed E-state index contributed by atoms with van der Waals surface area (Å²) in [7, 11) is -7.57. The molecule has 17 heavy (non-hydrogen) atoms. The fourth-order valence-corrected chi connectivity index (χ4v) is 3.27. The van der Waals surface area contributed by atoms with Gasteiger partial charge in [-0.1, -0.05) is 0 Å². The van der Waals surface area contributed by atoms with Crippen molar-refractivity contribution in [3.05, 3.63) is 0 Å². The number of rotatable bonds is 9. The predicted octanol–water partition coefficient (Wildman–Crippen LogP) is 0.529. The number of unbranched alkanes of at least 4 members (excludes halogenated alkanes) is 1. The van der Waals surface area contributed by atoms with Crippen molar-refractivity contribution in [2.75, 3.05) is 6.61 Å². The Kier molecular flexibility index (Phi) is 8.33. The molecule has 0 rings (SSSR count). The van der Waals surface area contributed by atoms with Crippen molar-refractivity contribution < 1.29 is 34.0 Å². The lowest BCUT2D eigenvalue weighted by Crippen LogP contribution is -2.12. The molecule has 0 saturated carbocycles. The van der Waals surface area contributed by atoms with Gasteiger partial charge in [-0.15, -0.1) is 0 Å². The van der Waals surface area contributed by atoms with Crippen molar-refractivity contribution in [2.24, 2.45) is 0 Å². The van der Waals surface area contributed by atoms with Gasteiger partial charge in [0, 0.05) is 13.0 Å². The summed E-state index contributed by atoms with van der Waals surface area (Å²) in [6.07, 6.45) is 0.637. The average molecular weight is 289 g/mol. The van der Waals surface area contributed by atoms with Crippen LogP contribution in [0.1, 0.15) is 32.1 Å². The van der Waals surface area contributed by atoms with Crippen LogP contribution in [0.3, 0.4) is 0 Å². The Morgan fingerprint density at radius 1 is 1.12 bits per heavy atom. The highest BCUT2D eigenvalue weighted by Gasteiger charge is 2.45. The Morgan fingerprint density at radius 3 is 2.12 bits per heavy atom. The zero-order valence-corrected chi connectivity index (χ0v) is 11.1. The molecule has 0 aliphatic rings. The second-order valence-corrected chi connectivity index (χ2v) is 7.26. The van der Waals surface area contributed by atoms with Crippen LogP contribution in [0.2, 0.25) is 0 Å². The molecule has 3 unspecified atom stereocenters. The molecule has 0 fully saturated rings. The van der Waals surface area contributed by atoms with E-state index in [2.05, 4.69) is 0 Å². The number of aliphatic hydroxyl groups excluding tert-OH is 2. The molecule has 0 aromatic rings. The molecule has 5 N–H and O–H groups in total. The Hall–Kier alpha value is 0.130. The first-order valence-corrected chi connectivity index (χ1v) is 8.24. The van der Waals surface area contributed by atoms with Gasteiger partial charge >= 0.3 is 15.6 Å². The minimum absolute atomic E-state index is 0.0281. The molecule has 0 aliphatic heterocycles. The molecule has 0 saturated heterocycles. The van der Waals surface area contributed by atoms with Gasteiger partial charge in [-0.3, -0.25) is 4.57 Å². The summed E-state index contributed by atoms with van der Waals surface area (Å²) in [5, 5.41) is 16.4. The molecule has 102 valence electrons. The topological polar surface area (TPSA) is 135 Å². The Labute approximate surface area is 101 Å². The molecule has 0 amide bonds. The predicted molar refractivity (Wildman–Crippen MR) is 61.8 cm³/mol. The van der Waals surface area contributed by atoms with E-state index in [1.54, 1.807) is 0 Å². The number of hydrogen-bond donors (Lipinski definition) is 5. The minimum Gasteiger partial charge on any atom is -0.396 e. The fraction of sp³-hybridized carbons (Fsp3) is 1.00. The van der Waals surface area contributed by atoms with Crippen LogP contribution in [0.15, 0.2) is 0 Å². The van der Waals surface area contributed by atoms with Crippen molar-refractivity contribution in [1.29, 1.82) is 0 Å². The number of hydrogen-bond acceptors (Lipinski definition) is 4. The third-order valence-electron chi connectivity index (χ3n) is 2.35. The van der Waals surface area contributed by atoms with Gasteiger partial charge in [0.05, 0.1) is 6.10 Å². The van der Waals surface area contributed by atoms with Crippen LogP contribution in [0.5, 0.6) is 0 Å². The van der Waals surface area contributed by atoms with Gasteiger partial charge in [-0.2, -0.15) is 4.89 Å². The monoisotopic (exact) mass is 289 g/mol. The molecular formula is C8H19O7P2+. The summed E-state index contributed by atoms with van der Waals surface area (Å²) in [6, 6.07) is 0. The van der Waals surface area contributed by atoms with E-state index in [1.807, 2.05) is 0 Å². The molecule has 0 bridgehead atoms. The van der Waals surface area contributed by atoms with Gasteiger partial charge in [0.2, 0.25) is 0 Å². The molecule has 0 aliphatic carbocycles. The summed E-state index contributed by atoms with van der Waals surface area (Å²) in [5.41, 5.74) is 0. The number of aliphatic hydroxyl groups is 2. The van der Waals surface area contributed by atoms with E-state index in [0.717, 1.165) is 0 Å². The normalized spacial score (nSPS) is 16.6. The quantitative estimate of drug-likeness (QED) is 0.308. The highest BCUT2D eigenvalue weighted by molar-refractivity contribution is 7.65. The molecular weight excluding hydrogens is 270 g/mol. The van der Waals surface area contributed by atoms with Gasteiger partial charge in [0.1, 0.15) is 0 Å². The fourth-order valence-electron chi connectivity index (χ4n) is 1.38. The first-order chi connectivity index (χ1) is 7.79. The molecule has 0 heterocycles. The van der Waals surface area contributed by atoms with Gasteiger partial charge < -0.3 is 20.0 Å². The van der Waals surface area contributed by atoms with Crippen molar-refractivity contribution >= 4 is 15.6 Å². The van der Waals surface area contributed by atoms with E-state index in [-0.39, 0.29) is 19.4 Å². The second kappa shape index (κ2) is 8.27. The first-order valence-electron chi connectivity index (χ1n) is 5.28. The smallest absolute Gasteiger partial charge is 0.396 e. The SMILES string of the molecule is O=[P+](O)C(CCC(O)CCCCO)P(=O)(O)O.